The monoisotopic (exact) mass is 355 g/mol. The van der Waals surface area contributed by atoms with Crippen molar-refractivity contribution in [2.45, 2.75) is 6.92 Å². The summed E-state index contributed by atoms with van der Waals surface area (Å²) in [5.41, 5.74) is 1.77. The molecule has 4 nitrogen and oxygen atoms in total. The Bertz CT molecular complexity index is 1100. The molecule has 0 aliphatic heterocycles. The number of pyridine rings is 2. The van der Waals surface area contributed by atoms with E-state index in [0.29, 0.717) is 9.72 Å². The van der Waals surface area contributed by atoms with Crippen LogP contribution in [0, 0.1) is 0 Å². The Morgan fingerprint density at radius 1 is 1.21 bits per heavy atom. The van der Waals surface area contributed by atoms with E-state index in [0.717, 1.165) is 33.5 Å². The van der Waals surface area contributed by atoms with Crippen molar-refractivity contribution in [3.63, 3.8) is 0 Å². The fourth-order valence-corrected chi connectivity index (χ4v) is 4.05. The molecule has 4 rings (SSSR count). The van der Waals surface area contributed by atoms with Crippen LogP contribution in [0.5, 0.6) is 0 Å². The van der Waals surface area contributed by atoms with Gasteiger partial charge in [-0.25, -0.2) is 4.98 Å². The quantitative estimate of drug-likeness (QED) is 0.580. The lowest BCUT2D eigenvalue weighted by molar-refractivity contribution is 1.01. The zero-order chi connectivity index (χ0) is 16.7. The van der Waals surface area contributed by atoms with Gasteiger partial charge in [0.15, 0.2) is 0 Å². The van der Waals surface area contributed by atoms with E-state index in [1.165, 1.54) is 11.3 Å². The van der Waals surface area contributed by atoms with Crippen molar-refractivity contribution in [2.24, 2.45) is 0 Å². The van der Waals surface area contributed by atoms with Gasteiger partial charge in [0, 0.05) is 46.1 Å². The average Bonchev–Trinajstić information content (AvgIpc) is 2.97. The van der Waals surface area contributed by atoms with Gasteiger partial charge in [0.05, 0.1) is 0 Å². The van der Waals surface area contributed by atoms with Gasteiger partial charge in [-0.15, -0.1) is 11.3 Å². The van der Waals surface area contributed by atoms with E-state index in [1.54, 1.807) is 22.9 Å². The van der Waals surface area contributed by atoms with Crippen LogP contribution in [-0.4, -0.2) is 16.1 Å². The molecule has 3 heterocycles. The number of nitrogens with one attached hydrogen (secondary N) is 1. The predicted molar refractivity (Wildman–Crippen MR) is 102 cm³/mol. The highest BCUT2D eigenvalue weighted by atomic mass is 35.5. The Balaban J connectivity index is 2.00. The molecule has 4 aromatic rings. The van der Waals surface area contributed by atoms with Gasteiger partial charge in [0.1, 0.15) is 9.53 Å². The Hall–Kier alpha value is -2.37. The minimum atomic E-state index is -0.0414. The summed E-state index contributed by atoms with van der Waals surface area (Å²) in [6.45, 7) is 2.87. The second kappa shape index (κ2) is 5.92. The van der Waals surface area contributed by atoms with Crippen LogP contribution in [0.3, 0.4) is 0 Å². The Morgan fingerprint density at radius 2 is 2.00 bits per heavy atom. The summed E-state index contributed by atoms with van der Waals surface area (Å²) in [4.78, 5) is 18.2. The molecule has 0 bridgehead atoms. The SMILES string of the molecule is CCNc1ccnc2sc3c(=O)n(-c4ccc(Cl)cc4)ccc3c12. The van der Waals surface area contributed by atoms with Crippen LogP contribution in [0.1, 0.15) is 6.92 Å². The molecule has 0 aliphatic rings. The van der Waals surface area contributed by atoms with Crippen LogP contribution in [0.4, 0.5) is 5.69 Å². The van der Waals surface area contributed by atoms with Crippen LogP contribution in [0.25, 0.3) is 26.0 Å². The number of aromatic nitrogens is 2. The van der Waals surface area contributed by atoms with Gasteiger partial charge in [0.2, 0.25) is 0 Å². The van der Waals surface area contributed by atoms with Crippen LogP contribution < -0.4 is 10.9 Å². The van der Waals surface area contributed by atoms with Gasteiger partial charge in [0.25, 0.3) is 5.56 Å². The van der Waals surface area contributed by atoms with Crippen molar-refractivity contribution < 1.29 is 0 Å². The molecule has 0 spiro atoms. The highest BCUT2D eigenvalue weighted by Gasteiger charge is 2.14. The van der Waals surface area contributed by atoms with Gasteiger partial charge in [-0.2, -0.15) is 0 Å². The smallest absolute Gasteiger partial charge is 0.273 e. The maximum atomic E-state index is 12.9. The van der Waals surface area contributed by atoms with Crippen molar-refractivity contribution in [3.8, 4) is 5.69 Å². The number of fused-ring (bicyclic) bond motifs is 3. The molecule has 24 heavy (non-hydrogen) atoms. The number of hydrogen-bond donors (Lipinski definition) is 1. The molecule has 0 radical (unpaired) electrons. The second-order valence-electron chi connectivity index (χ2n) is 5.38. The first-order valence-corrected chi connectivity index (χ1v) is 8.81. The molecular weight excluding hydrogens is 342 g/mol. The summed E-state index contributed by atoms with van der Waals surface area (Å²) in [6, 6.07) is 11.2. The lowest BCUT2D eigenvalue weighted by atomic mass is 10.2. The van der Waals surface area contributed by atoms with Gasteiger partial charge in [-0.05, 0) is 43.3 Å². The summed E-state index contributed by atoms with van der Waals surface area (Å²) in [6.07, 6.45) is 3.58. The van der Waals surface area contributed by atoms with Gasteiger partial charge >= 0.3 is 0 Å². The number of benzene rings is 1. The molecule has 1 aromatic carbocycles. The first-order valence-electron chi connectivity index (χ1n) is 7.61. The third kappa shape index (κ3) is 2.37. The third-order valence-electron chi connectivity index (χ3n) is 3.90. The average molecular weight is 356 g/mol. The van der Waals surface area contributed by atoms with E-state index in [1.807, 2.05) is 37.4 Å². The van der Waals surface area contributed by atoms with Crippen molar-refractivity contribution in [1.29, 1.82) is 0 Å². The zero-order valence-corrected chi connectivity index (χ0v) is 14.5. The number of hydrogen-bond acceptors (Lipinski definition) is 4. The number of thiophene rings is 1. The highest BCUT2D eigenvalue weighted by Crippen LogP contribution is 2.35. The largest absolute Gasteiger partial charge is 0.385 e. The second-order valence-corrected chi connectivity index (χ2v) is 6.82. The fraction of sp³-hybridized carbons (Fsp3) is 0.111. The number of rotatable bonds is 3. The molecule has 6 heteroatoms. The predicted octanol–water partition coefficient (Wildman–Crippen LogP) is 4.69. The van der Waals surface area contributed by atoms with Crippen LogP contribution >= 0.6 is 22.9 Å². The highest BCUT2D eigenvalue weighted by molar-refractivity contribution is 7.25. The van der Waals surface area contributed by atoms with Crippen LogP contribution in [0.2, 0.25) is 5.02 Å². The molecule has 0 saturated carbocycles. The standard InChI is InChI=1S/C18H14ClN3OS/c1-2-20-14-7-9-21-17-15(14)13-8-10-22(18(23)16(13)24-17)12-5-3-11(19)4-6-12/h3-10H,2H2,1H3,(H,20,21). The minimum Gasteiger partial charge on any atom is -0.385 e. The summed E-state index contributed by atoms with van der Waals surface area (Å²) >= 11 is 7.36. The van der Waals surface area contributed by atoms with E-state index in [2.05, 4.69) is 10.3 Å². The maximum Gasteiger partial charge on any atom is 0.273 e. The first-order chi connectivity index (χ1) is 11.7. The fourth-order valence-electron chi connectivity index (χ4n) is 2.83. The molecule has 1 N–H and O–H groups in total. The van der Waals surface area contributed by atoms with E-state index in [4.69, 9.17) is 11.6 Å². The first kappa shape index (κ1) is 15.2. The molecule has 0 amide bonds. The summed E-state index contributed by atoms with van der Waals surface area (Å²) in [5.74, 6) is 0. The summed E-state index contributed by atoms with van der Waals surface area (Å²) in [5, 5.41) is 5.94. The van der Waals surface area contributed by atoms with E-state index >= 15 is 0 Å². The topological polar surface area (TPSA) is 46.9 Å². The Kier molecular flexibility index (Phi) is 3.75. The number of anilines is 1. The van der Waals surface area contributed by atoms with E-state index < -0.39 is 0 Å². The van der Waals surface area contributed by atoms with Crippen LogP contribution in [-0.2, 0) is 0 Å². The van der Waals surface area contributed by atoms with Crippen molar-refractivity contribution in [2.75, 3.05) is 11.9 Å². The van der Waals surface area contributed by atoms with Crippen LogP contribution in [0.15, 0.2) is 53.6 Å². The molecular formula is C18H14ClN3OS. The van der Waals surface area contributed by atoms with Gasteiger partial charge < -0.3 is 5.32 Å². The lowest BCUT2D eigenvalue weighted by Crippen LogP contribution is -2.16. The van der Waals surface area contributed by atoms with Crippen molar-refractivity contribution >= 4 is 48.9 Å². The van der Waals surface area contributed by atoms with Gasteiger partial charge in [-0.1, -0.05) is 11.6 Å². The molecule has 3 aromatic heterocycles. The molecule has 0 saturated heterocycles. The molecule has 0 aliphatic carbocycles. The maximum absolute atomic E-state index is 12.9. The molecule has 0 unspecified atom stereocenters. The summed E-state index contributed by atoms with van der Waals surface area (Å²) < 4.78 is 2.35. The van der Waals surface area contributed by atoms with E-state index in [9.17, 15) is 4.79 Å². The normalized spacial score (nSPS) is 11.2. The zero-order valence-electron chi connectivity index (χ0n) is 12.9. The van der Waals surface area contributed by atoms with Crippen molar-refractivity contribution in [1.82, 2.24) is 9.55 Å². The lowest BCUT2D eigenvalue weighted by Gasteiger charge is -2.07. The number of halogens is 1. The molecule has 0 atom stereocenters. The summed E-state index contributed by atoms with van der Waals surface area (Å²) in [7, 11) is 0. The van der Waals surface area contributed by atoms with Crippen molar-refractivity contribution in [3.05, 3.63) is 64.2 Å². The Morgan fingerprint density at radius 3 is 2.75 bits per heavy atom. The Labute approximate surface area is 147 Å². The van der Waals surface area contributed by atoms with Gasteiger partial charge in [-0.3, -0.25) is 9.36 Å². The van der Waals surface area contributed by atoms with E-state index in [-0.39, 0.29) is 5.56 Å². The molecule has 0 fully saturated rings. The minimum absolute atomic E-state index is 0.0414. The molecule has 120 valence electrons. The number of nitrogens with zero attached hydrogens (tertiary/aromatic N) is 2. The third-order valence-corrected chi connectivity index (χ3v) is 5.26.